The van der Waals surface area contributed by atoms with Crippen molar-refractivity contribution in [3.05, 3.63) is 80.8 Å². The number of piperidine rings is 1. The summed E-state index contributed by atoms with van der Waals surface area (Å²) in [5.74, 6) is -0.290. The molecule has 0 atom stereocenters. The maximum absolute atomic E-state index is 13.2. The van der Waals surface area contributed by atoms with E-state index in [-0.39, 0.29) is 35.7 Å². The van der Waals surface area contributed by atoms with E-state index in [2.05, 4.69) is 4.98 Å². The number of hydrogen-bond donors (Lipinski definition) is 0. The van der Waals surface area contributed by atoms with Gasteiger partial charge in [-0.15, -0.1) is 11.3 Å². The molecule has 0 saturated carbocycles. The predicted molar refractivity (Wildman–Crippen MR) is 145 cm³/mol. The number of anilines is 1. The van der Waals surface area contributed by atoms with Crippen LogP contribution < -0.4 is 4.90 Å². The van der Waals surface area contributed by atoms with Gasteiger partial charge in [-0.3, -0.25) is 9.69 Å². The average molecular weight is 651 g/mol. The quantitative estimate of drug-likeness (QED) is 0.268. The number of carbonyl (C=O) groups is 1. The highest BCUT2D eigenvalue weighted by atomic mass is 32.1. The van der Waals surface area contributed by atoms with Crippen LogP contribution in [0.3, 0.4) is 0 Å². The molecule has 2 aliphatic heterocycles. The molecule has 5 rings (SSSR count). The third-order valence-electron chi connectivity index (χ3n) is 7.84. The fraction of sp³-hybridized carbons (Fsp3) is 0.448. The maximum atomic E-state index is 13.2. The minimum atomic E-state index is -4.90. The van der Waals surface area contributed by atoms with Crippen LogP contribution in [0, 0.1) is 0 Å². The van der Waals surface area contributed by atoms with Crippen molar-refractivity contribution in [2.75, 3.05) is 44.2 Å². The van der Waals surface area contributed by atoms with Crippen LogP contribution >= 0.6 is 11.3 Å². The fourth-order valence-electron chi connectivity index (χ4n) is 5.49. The molecule has 1 aromatic heterocycles. The molecule has 15 heteroatoms. The van der Waals surface area contributed by atoms with Crippen molar-refractivity contribution in [1.29, 1.82) is 0 Å². The molecule has 44 heavy (non-hydrogen) atoms. The molecule has 5 nitrogen and oxygen atoms in total. The number of thiazole rings is 1. The number of nitrogens with zero attached hydrogens (tertiary/aromatic N) is 4. The molecular weight excluding hydrogens is 623 g/mol. The first-order valence-corrected chi connectivity index (χ1v) is 14.6. The van der Waals surface area contributed by atoms with Gasteiger partial charge in [0.05, 0.1) is 21.7 Å². The van der Waals surface area contributed by atoms with Crippen LogP contribution in [0.1, 0.15) is 56.5 Å². The second-order valence-electron chi connectivity index (χ2n) is 10.9. The lowest BCUT2D eigenvalue weighted by atomic mass is 9.96. The first-order chi connectivity index (χ1) is 20.6. The molecule has 0 unspecified atom stereocenters. The minimum Gasteiger partial charge on any atom is -0.368 e. The molecule has 3 aromatic rings. The van der Waals surface area contributed by atoms with Gasteiger partial charge in [0, 0.05) is 49.7 Å². The number of benzene rings is 2. The normalized spacial score (nSPS) is 17.8. The van der Waals surface area contributed by atoms with Crippen LogP contribution in [0.4, 0.5) is 45.2 Å². The molecule has 3 heterocycles. The molecule has 1 amide bonds. The molecule has 2 aliphatic rings. The van der Waals surface area contributed by atoms with Crippen LogP contribution in [-0.2, 0) is 25.1 Å². The number of likely N-dealkylation sites (tertiary alicyclic amines) is 1. The smallest absolute Gasteiger partial charge is 0.368 e. The molecule has 2 fully saturated rings. The molecule has 2 aromatic carbocycles. The van der Waals surface area contributed by atoms with Crippen LogP contribution in [0.15, 0.2) is 47.8 Å². The lowest BCUT2D eigenvalue weighted by molar-refractivity contribution is -0.143. The molecule has 238 valence electrons. The highest BCUT2D eigenvalue weighted by Crippen LogP contribution is 2.38. The van der Waals surface area contributed by atoms with E-state index in [9.17, 15) is 44.3 Å². The largest absolute Gasteiger partial charge is 0.416 e. The molecule has 0 aliphatic carbocycles. The second-order valence-corrected chi connectivity index (χ2v) is 11.8. The van der Waals surface area contributed by atoms with Gasteiger partial charge in [0.25, 0.3) is 5.91 Å². The Bertz CT molecular complexity index is 1440. The number of alkyl halides is 9. The van der Waals surface area contributed by atoms with E-state index in [1.54, 1.807) is 26.1 Å². The Morgan fingerprint density at radius 2 is 1.36 bits per heavy atom. The Balaban J connectivity index is 1.15. The van der Waals surface area contributed by atoms with Gasteiger partial charge in [-0.2, -0.15) is 39.5 Å². The number of rotatable bonds is 5. The minimum absolute atomic E-state index is 0.0113. The van der Waals surface area contributed by atoms with Crippen LogP contribution in [0.25, 0.3) is 0 Å². The highest BCUT2D eigenvalue weighted by Gasteiger charge is 2.37. The zero-order chi connectivity index (χ0) is 31.9. The van der Waals surface area contributed by atoms with Crippen molar-refractivity contribution < 1.29 is 44.3 Å². The first kappa shape index (κ1) is 32.1. The van der Waals surface area contributed by atoms with Gasteiger partial charge in [0.15, 0.2) is 0 Å². The van der Waals surface area contributed by atoms with Crippen LogP contribution in [0.2, 0.25) is 0 Å². The Labute approximate surface area is 250 Å². The van der Waals surface area contributed by atoms with Crippen molar-refractivity contribution >= 4 is 22.9 Å². The summed E-state index contributed by atoms with van der Waals surface area (Å²) in [6.45, 7) is 2.15. The van der Waals surface area contributed by atoms with Gasteiger partial charge in [0.2, 0.25) is 0 Å². The van der Waals surface area contributed by atoms with Crippen LogP contribution in [-0.4, -0.2) is 60.0 Å². The summed E-state index contributed by atoms with van der Waals surface area (Å²) in [7, 11) is 0. The lowest BCUT2D eigenvalue weighted by Crippen LogP contribution is -2.49. The predicted octanol–water partition coefficient (Wildman–Crippen LogP) is 7.54. The van der Waals surface area contributed by atoms with Crippen molar-refractivity contribution in [2.45, 2.75) is 43.8 Å². The summed E-state index contributed by atoms with van der Waals surface area (Å²) in [6.07, 6.45) is -13.1. The summed E-state index contributed by atoms with van der Waals surface area (Å²) in [4.78, 5) is 22.8. The van der Waals surface area contributed by atoms with Crippen molar-refractivity contribution in [2.24, 2.45) is 0 Å². The number of piperazine rings is 1. The van der Waals surface area contributed by atoms with Gasteiger partial charge in [-0.25, -0.2) is 4.98 Å². The Morgan fingerprint density at radius 1 is 0.773 bits per heavy atom. The molecular formula is C29H27F9N4OS. The van der Waals surface area contributed by atoms with E-state index in [1.807, 2.05) is 0 Å². The lowest BCUT2D eigenvalue weighted by Gasteiger charge is -2.36. The average Bonchev–Trinajstić information content (AvgIpc) is 3.46. The molecule has 0 spiro atoms. The highest BCUT2D eigenvalue weighted by molar-refractivity contribution is 7.09. The Hall–Kier alpha value is -3.33. The van der Waals surface area contributed by atoms with E-state index in [4.69, 9.17) is 0 Å². The van der Waals surface area contributed by atoms with Gasteiger partial charge in [-0.05, 0) is 67.9 Å². The van der Waals surface area contributed by atoms with Gasteiger partial charge >= 0.3 is 18.5 Å². The summed E-state index contributed by atoms with van der Waals surface area (Å²) in [6, 6.07) is 6.67. The number of carbonyl (C=O) groups excluding carboxylic acids is 1. The number of halogens is 9. The third kappa shape index (κ3) is 7.48. The number of aromatic nitrogens is 1. The van der Waals surface area contributed by atoms with Gasteiger partial charge < -0.3 is 9.80 Å². The zero-order valence-electron chi connectivity index (χ0n) is 23.1. The third-order valence-corrected chi connectivity index (χ3v) is 8.84. The molecule has 0 radical (unpaired) electrons. The van der Waals surface area contributed by atoms with E-state index in [0.29, 0.717) is 57.8 Å². The second kappa shape index (κ2) is 12.2. The van der Waals surface area contributed by atoms with Crippen molar-refractivity contribution in [3.8, 4) is 0 Å². The van der Waals surface area contributed by atoms with E-state index in [1.165, 1.54) is 17.4 Å². The van der Waals surface area contributed by atoms with Crippen molar-refractivity contribution in [3.63, 3.8) is 0 Å². The number of hydrogen-bond acceptors (Lipinski definition) is 5. The van der Waals surface area contributed by atoms with E-state index >= 15 is 0 Å². The standard InChI is InChI=1S/C29H27F9N4OS/c30-27(31,32)20-2-1-3-23(15-20)41-8-10-42(11-9-41)26(43)24-17-44-25(39-24)19-4-6-40(7-5-19)16-18-12-21(28(33,34)35)14-22(13-18)29(36,37)38/h1-3,12-15,17,19H,4-11,16H2. The van der Waals surface area contributed by atoms with Crippen molar-refractivity contribution in [1.82, 2.24) is 14.8 Å². The number of amides is 1. The SMILES string of the molecule is O=C(c1csc(C2CCN(Cc3cc(C(F)(F)F)cc(C(F)(F)F)c3)CC2)n1)N1CCN(c2cccc(C(F)(F)F)c2)CC1. The fourth-order valence-corrected chi connectivity index (χ4v) is 6.45. The maximum Gasteiger partial charge on any atom is 0.416 e. The summed E-state index contributed by atoms with van der Waals surface area (Å²) >= 11 is 1.32. The monoisotopic (exact) mass is 650 g/mol. The topological polar surface area (TPSA) is 39.7 Å². The Morgan fingerprint density at radius 3 is 1.93 bits per heavy atom. The van der Waals surface area contributed by atoms with Gasteiger partial charge in [-0.1, -0.05) is 6.07 Å². The summed E-state index contributed by atoms with van der Waals surface area (Å²) < 4.78 is 119. The Kier molecular flexibility index (Phi) is 8.91. The summed E-state index contributed by atoms with van der Waals surface area (Å²) in [5, 5.41) is 2.39. The van der Waals surface area contributed by atoms with Crippen LogP contribution in [0.5, 0.6) is 0 Å². The zero-order valence-corrected chi connectivity index (χ0v) is 23.9. The summed E-state index contributed by atoms with van der Waals surface area (Å²) in [5.41, 5.74) is -2.78. The van der Waals surface area contributed by atoms with Gasteiger partial charge in [0.1, 0.15) is 5.69 Å². The molecule has 0 bridgehead atoms. The molecule has 0 N–H and O–H groups in total. The molecule has 2 saturated heterocycles. The van der Waals surface area contributed by atoms with E-state index in [0.717, 1.165) is 29.3 Å². The first-order valence-electron chi connectivity index (χ1n) is 13.8. The van der Waals surface area contributed by atoms with E-state index < -0.39 is 35.2 Å².